The molecule has 0 spiro atoms. The van der Waals surface area contributed by atoms with Gasteiger partial charge in [0.2, 0.25) is 0 Å². The second-order valence-electron chi connectivity index (χ2n) is 4.07. The predicted octanol–water partition coefficient (Wildman–Crippen LogP) is 1.75. The number of aryl methyl sites for hydroxylation is 1. The number of ether oxygens (including phenoxy) is 1. The zero-order chi connectivity index (χ0) is 11.3. The van der Waals surface area contributed by atoms with Crippen molar-refractivity contribution in [1.82, 2.24) is 4.57 Å². The van der Waals surface area contributed by atoms with Crippen molar-refractivity contribution in [2.75, 3.05) is 13.2 Å². The van der Waals surface area contributed by atoms with Gasteiger partial charge in [-0.15, -0.1) is 0 Å². The van der Waals surface area contributed by atoms with E-state index in [0.717, 1.165) is 11.1 Å². The van der Waals surface area contributed by atoms with Crippen LogP contribution in [0.5, 0.6) is 0 Å². The third-order valence-corrected chi connectivity index (χ3v) is 3.89. The Morgan fingerprint density at radius 1 is 1.44 bits per heavy atom. The first-order chi connectivity index (χ1) is 7.60. The third-order valence-electron chi connectivity index (χ3n) is 2.97. The largest absolute Gasteiger partial charge is 0.419 e. The number of nitrogens with zero attached hydrogens (tertiary/aromatic N) is 1. The van der Waals surface area contributed by atoms with Gasteiger partial charge in [-0.25, -0.2) is 4.79 Å². The minimum absolute atomic E-state index is 0.115. The van der Waals surface area contributed by atoms with Crippen LogP contribution in [0.25, 0.3) is 11.1 Å². The Kier molecular flexibility index (Phi) is 2.03. The highest BCUT2D eigenvalue weighted by Gasteiger charge is 2.37. The summed E-state index contributed by atoms with van der Waals surface area (Å²) >= 11 is 3.64. The second kappa shape index (κ2) is 3.21. The van der Waals surface area contributed by atoms with Crippen molar-refractivity contribution < 1.29 is 9.15 Å². The first-order valence-corrected chi connectivity index (χ1v) is 5.76. The lowest BCUT2D eigenvalue weighted by atomic mass is 9.97. The first kappa shape index (κ1) is 10.1. The van der Waals surface area contributed by atoms with Gasteiger partial charge in [0.15, 0.2) is 5.58 Å². The molecule has 0 unspecified atom stereocenters. The summed E-state index contributed by atoms with van der Waals surface area (Å²) in [6, 6.07) is 5.79. The van der Waals surface area contributed by atoms with Crippen LogP contribution in [0.1, 0.15) is 5.56 Å². The zero-order valence-electron chi connectivity index (χ0n) is 8.70. The Labute approximate surface area is 99.9 Å². The minimum Gasteiger partial charge on any atom is -0.408 e. The summed E-state index contributed by atoms with van der Waals surface area (Å²) in [5.41, 5.74) is 2.52. The molecule has 0 saturated carbocycles. The van der Waals surface area contributed by atoms with Gasteiger partial charge in [0.25, 0.3) is 0 Å². The fourth-order valence-electron chi connectivity index (χ4n) is 1.86. The van der Waals surface area contributed by atoms with E-state index in [9.17, 15) is 4.79 Å². The lowest BCUT2D eigenvalue weighted by Gasteiger charge is -2.36. The van der Waals surface area contributed by atoms with E-state index < -0.39 is 0 Å². The van der Waals surface area contributed by atoms with Crippen LogP contribution in [0.4, 0.5) is 0 Å². The quantitative estimate of drug-likeness (QED) is 0.749. The molecule has 2 heterocycles. The van der Waals surface area contributed by atoms with Crippen molar-refractivity contribution in [1.29, 1.82) is 0 Å². The lowest BCUT2D eigenvalue weighted by Crippen LogP contribution is -2.40. The summed E-state index contributed by atoms with van der Waals surface area (Å²) in [5, 5.41) is 0. The molecule has 0 amide bonds. The van der Waals surface area contributed by atoms with Gasteiger partial charge in [-0.05, 0) is 17.7 Å². The summed E-state index contributed by atoms with van der Waals surface area (Å²) < 4.78 is 11.7. The molecule has 1 fully saturated rings. The molecule has 0 aliphatic carbocycles. The maximum Gasteiger partial charge on any atom is 0.419 e. The molecule has 84 valence electrons. The highest BCUT2D eigenvalue weighted by atomic mass is 79.9. The maximum atomic E-state index is 11.3. The Morgan fingerprint density at radius 3 is 2.81 bits per heavy atom. The molecule has 0 N–H and O–H groups in total. The molecule has 2 aromatic rings. The number of alkyl halides is 1. The molecule has 1 aromatic carbocycles. The van der Waals surface area contributed by atoms with Crippen LogP contribution in [-0.4, -0.2) is 17.8 Å². The van der Waals surface area contributed by atoms with E-state index in [1.807, 2.05) is 18.2 Å². The van der Waals surface area contributed by atoms with E-state index in [1.54, 1.807) is 7.05 Å². The maximum absolute atomic E-state index is 11.3. The number of oxazole rings is 1. The topological polar surface area (TPSA) is 44.4 Å². The fourth-order valence-corrected chi connectivity index (χ4v) is 2.43. The Hall–Kier alpha value is -1.07. The van der Waals surface area contributed by atoms with Gasteiger partial charge >= 0.3 is 5.76 Å². The number of aromatic nitrogens is 1. The van der Waals surface area contributed by atoms with Crippen LogP contribution in [0.2, 0.25) is 0 Å². The molecule has 0 bridgehead atoms. The lowest BCUT2D eigenvalue weighted by molar-refractivity contribution is -0.00695. The Morgan fingerprint density at radius 2 is 2.19 bits per heavy atom. The van der Waals surface area contributed by atoms with Crippen molar-refractivity contribution >= 4 is 27.0 Å². The number of fused-ring (bicyclic) bond motifs is 1. The minimum atomic E-state index is -0.333. The average Bonchev–Trinajstić information content (AvgIpc) is 2.51. The van der Waals surface area contributed by atoms with Crippen molar-refractivity contribution in [3.05, 3.63) is 34.3 Å². The third kappa shape index (κ3) is 1.28. The van der Waals surface area contributed by atoms with Gasteiger partial charge < -0.3 is 9.15 Å². The van der Waals surface area contributed by atoms with Crippen LogP contribution >= 0.6 is 15.9 Å². The zero-order valence-corrected chi connectivity index (χ0v) is 10.3. The molecule has 0 atom stereocenters. The monoisotopic (exact) mass is 283 g/mol. The molecular formula is C11H10BrNO3. The van der Waals surface area contributed by atoms with Gasteiger partial charge in [-0.3, -0.25) is 4.57 Å². The Bertz CT molecular complexity index is 609. The number of hydrogen-bond acceptors (Lipinski definition) is 3. The summed E-state index contributed by atoms with van der Waals surface area (Å²) in [6.45, 7) is 1.30. The summed E-state index contributed by atoms with van der Waals surface area (Å²) in [6.07, 6.45) is 0. The molecule has 16 heavy (non-hydrogen) atoms. The van der Waals surface area contributed by atoms with E-state index in [2.05, 4.69) is 15.9 Å². The van der Waals surface area contributed by atoms with Crippen molar-refractivity contribution in [3.63, 3.8) is 0 Å². The average molecular weight is 284 g/mol. The summed E-state index contributed by atoms with van der Waals surface area (Å²) in [7, 11) is 1.70. The van der Waals surface area contributed by atoms with Crippen molar-refractivity contribution in [2.45, 2.75) is 4.32 Å². The summed E-state index contributed by atoms with van der Waals surface area (Å²) in [4.78, 5) is 11.3. The van der Waals surface area contributed by atoms with Crippen LogP contribution in [-0.2, 0) is 16.1 Å². The number of rotatable bonds is 1. The van der Waals surface area contributed by atoms with Crippen LogP contribution in [0.3, 0.4) is 0 Å². The van der Waals surface area contributed by atoms with Gasteiger partial charge in [0.05, 0.1) is 23.1 Å². The second-order valence-corrected chi connectivity index (χ2v) is 5.59. The van der Waals surface area contributed by atoms with Crippen molar-refractivity contribution in [3.8, 4) is 0 Å². The predicted molar refractivity (Wildman–Crippen MR) is 62.9 cm³/mol. The van der Waals surface area contributed by atoms with E-state index >= 15 is 0 Å². The van der Waals surface area contributed by atoms with Gasteiger partial charge in [-0.1, -0.05) is 22.0 Å². The molecule has 0 radical (unpaired) electrons. The molecule has 5 heteroatoms. The highest BCUT2D eigenvalue weighted by Crippen LogP contribution is 2.39. The first-order valence-electron chi connectivity index (χ1n) is 4.97. The van der Waals surface area contributed by atoms with E-state index in [1.165, 1.54) is 4.57 Å². The molecular weight excluding hydrogens is 274 g/mol. The molecule has 1 aliphatic heterocycles. The standard InChI is InChI=1S/C11H10BrNO3/c1-13-8-3-2-7(11(12)5-15-6-11)4-9(8)16-10(13)14/h2-4H,5-6H2,1H3. The number of hydrogen-bond donors (Lipinski definition) is 0. The smallest absolute Gasteiger partial charge is 0.408 e. The van der Waals surface area contributed by atoms with Gasteiger partial charge in [0.1, 0.15) is 0 Å². The normalized spacial score (nSPS) is 18.6. The summed E-state index contributed by atoms with van der Waals surface area (Å²) in [5.74, 6) is -0.333. The van der Waals surface area contributed by atoms with E-state index in [4.69, 9.17) is 9.15 Å². The van der Waals surface area contributed by atoms with Gasteiger partial charge in [-0.2, -0.15) is 0 Å². The molecule has 3 rings (SSSR count). The molecule has 1 saturated heterocycles. The Balaban J connectivity index is 2.20. The highest BCUT2D eigenvalue weighted by molar-refractivity contribution is 9.09. The van der Waals surface area contributed by atoms with Crippen molar-refractivity contribution in [2.24, 2.45) is 7.05 Å². The van der Waals surface area contributed by atoms with Crippen LogP contribution in [0.15, 0.2) is 27.4 Å². The molecule has 4 nitrogen and oxygen atoms in total. The number of halogens is 1. The fraction of sp³-hybridized carbons (Fsp3) is 0.364. The van der Waals surface area contributed by atoms with Crippen LogP contribution in [0, 0.1) is 0 Å². The van der Waals surface area contributed by atoms with E-state index in [0.29, 0.717) is 18.8 Å². The molecule has 1 aliphatic rings. The van der Waals surface area contributed by atoms with Crippen LogP contribution < -0.4 is 5.76 Å². The van der Waals surface area contributed by atoms with E-state index in [-0.39, 0.29) is 10.1 Å². The number of benzene rings is 1. The SMILES string of the molecule is Cn1c(=O)oc2cc(C3(Br)COC3)ccc21. The van der Waals surface area contributed by atoms with Gasteiger partial charge in [0, 0.05) is 7.05 Å². The molecule has 1 aromatic heterocycles.